The van der Waals surface area contributed by atoms with Gasteiger partial charge in [0.1, 0.15) is 16.4 Å². The third-order valence-electron chi connectivity index (χ3n) is 3.54. The maximum Gasteiger partial charge on any atom is 0.260 e. The molecule has 0 radical (unpaired) electrons. The standard InChI is InChI=1S/C16H15ClN2O2S/c1-8-4-5-11(21-3)10(6-8)13-9(2)22-16-14(13)15(20)18-12(7-17)19-16/h4-6H,7H2,1-3H3,(H,18,19,20). The van der Waals surface area contributed by atoms with Crippen molar-refractivity contribution in [3.05, 3.63) is 44.8 Å². The van der Waals surface area contributed by atoms with Crippen molar-refractivity contribution in [2.45, 2.75) is 19.7 Å². The average molecular weight is 335 g/mol. The monoisotopic (exact) mass is 334 g/mol. The van der Waals surface area contributed by atoms with Crippen LogP contribution in [0.5, 0.6) is 5.75 Å². The quantitative estimate of drug-likeness (QED) is 0.736. The zero-order valence-electron chi connectivity index (χ0n) is 12.5. The van der Waals surface area contributed by atoms with E-state index in [4.69, 9.17) is 16.3 Å². The number of nitrogens with one attached hydrogen (secondary N) is 1. The first-order valence-electron chi connectivity index (χ1n) is 6.78. The van der Waals surface area contributed by atoms with E-state index in [2.05, 4.69) is 9.97 Å². The number of H-pyrrole nitrogens is 1. The summed E-state index contributed by atoms with van der Waals surface area (Å²) in [7, 11) is 1.63. The number of halogens is 1. The van der Waals surface area contributed by atoms with Crippen LogP contribution in [-0.2, 0) is 5.88 Å². The molecule has 114 valence electrons. The molecule has 0 aliphatic rings. The summed E-state index contributed by atoms with van der Waals surface area (Å²) in [5.74, 6) is 1.42. The van der Waals surface area contributed by atoms with Crippen LogP contribution in [0.15, 0.2) is 23.0 Å². The van der Waals surface area contributed by atoms with Crippen LogP contribution in [0.3, 0.4) is 0 Å². The molecule has 6 heteroatoms. The van der Waals surface area contributed by atoms with E-state index in [9.17, 15) is 4.79 Å². The van der Waals surface area contributed by atoms with Crippen molar-refractivity contribution in [2.75, 3.05) is 7.11 Å². The lowest BCUT2D eigenvalue weighted by Crippen LogP contribution is -2.10. The van der Waals surface area contributed by atoms with Gasteiger partial charge >= 0.3 is 0 Å². The van der Waals surface area contributed by atoms with Crippen LogP contribution in [0.4, 0.5) is 0 Å². The van der Waals surface area contributed by atoms with Gasteiger partial charge in [-0.15, -0.1) is 22.9 Å². The Morgan fingerprint density at radius 3 is 2.82 bits per heavy atom. The Hall–Kier alpha value is -1.85. The van der Waals surface area contributed by atoms with Gasteiger partial charge in [-0.3, -0.25) is 4.79 Å². The first-order chi connectivity index (χ1) is 10.5. The molecule has 0 aliphatic heterocycles. The Balaban J connectivity index is 2.39. The fourth-order valence-electron chi connectivity index (χ4n) is 2.57. The lowest BCUT2D eigenvalue weighted by molar-refractivity contribution is 0.416. The van der Waals surface area contributed by atoms with E-state index >= 15 is 0 Å². The van der Waals surface area contributed by atoms with Gasteiger partial charge in [-0.25, -0.2) is 4.98 Å². The van der Waals surface area contributed by atoms with Gasteiger partial charge in [0, 0.05) is 16.0 Å². The number of thiophene rings is 1. The van der Waals surface area contributed by atoms with Crippen molar-refractivity contribution in [3.8, 4) is 16.9 Å². The van der Waals surface area contributed by atoms with Gasteiger partial charge in [-0.05, 0) is 26.0 Å². The van der Waals surface area contributed by atoms with Crippen molar-refractivity contribution >= 4 is 33.2 Å². The molecule has 0 saturated carbocycles. The molecule has 4 nitrogen and oxygen atoms in total. The molecule has 2 aromatic heterocycles. The topological polar surface area (TPSA) is 55.0 Å². The molecule has 0 unspecified atom stereocenters. The summed E-state index contributed by atoms with van der Waals surface area (Å²) >= 11 is 7.28. The third-order valence-corrected chi connectivity index (χ3v) is 4.79. The van der Waals surface area contributed by atoms with Gasteiger partial charge in [-0.2, -0.15) is 0 Å². The molecule has 1 N–H and O–H groups in total. The highest BCUT2D eigenvalue weighted by molar-refractivity contribution is 7.19. The molecule has 1 aromatic carbocycles. The number of ether oxygens (including phenoxy) is 1. The highest BCUT2D eigenvalue weighted by Gasteiger charge is 2.19. The van der Waals surface area contributed by atoms with E-state index < -0.39 is 0 Å². The summed E-state index contributed by atoms with van der Waals surface area (Å²) in [6, 6.07) is 5.94. The highest BCUT2D eigenvalue weighted by Crippen LogP contribution is 2.40. The van der Waals surface area contributed by atoms with Crippen LogP contribution in [0.2, 0.25) is 0 Å². The predicted molar refractivity (Wildman–Crippen MR) is 91.3 cm³/mol. The molecule has 0 bridgehead atoms. The van der Waals surface area contributed by atoms with Gasteiger partial charge in [-0.1, -0.05) is 11.6 Å². The Labute approximate surface area is 136 Å². The zero-order chi connectivity index (χ0) is 15.9. The SMILES string of the molecule is COc1ccc(C)cc1-c1c(C)sc2nc(CCl)[nH]c(=O)c12. The van der Waals surface area contributed by atoms with Crippen LogP contribution in [0.25, 0.3) is 21.3 Å². The minimum absolute atomic E-state index is 0.163. The Kier molecular flexibility index (Phi) is 3.93. The van der Waals surface area contributed by atoms with Gasteiger partial charge in [0.05, 0.1) is 18.4 Å². The number of nitrogens with zero attached hydrogens (tertiary/aromatic N) is 1. The largest absolute Gasteiger partial charge is 0.496 e. The molecule has 2 heterocycles. The molecular formula is C16H15ClN2O2S. The van der Waals surface area contributed by atoms with Gasteiger partial charge < -0.3 is 9.72 Å². The van der Waals surface area contributed by atoms with E-state index in [-0.39, 0.29) is 11.4 Å². The molecule has 0 spiro atoms. The second-order valence-corrected chi connectivity index (χ2v) is 6.53. The molecule has 0 saturated heterocycles. The van der Waals surface area contributed by atoms with Crippen molar-refractivity contribution < 1.29 is 4.74 Å². The number of methoxy groups -OCH3 is 1. The zero-order valence-corrected chi connectivity index (χ0v) is 14.1. The third kappa shape index (κ3) is 2.40. The van der Waals surface area contributed by atoms with Crippen LogP contribution in [-0.4, -0.2) is 17.1 Å². The minimum atomic E-state index is -0.163. The second-order valence-electron chi connectivity index (χ2n) is 5.06. The number of hydrogen-bond acceptors (Lipinski definition) is 4. The van der Waals surface area contributed by atoms with Crippen LogP contribution >= 0.6 is 22.9 Å². The van der Waals surface area contributed by atoms with Gasteiger partial charge in [0.15, 0.2) is 0 Å². The second kappa shape index (κ2) is 5.74. The van der Waals surface area contributed by atoms with Crippen molar-refractivity contribution in [1.29, 1.82) is 0 Å². The summed E-state index contributed by atoms with van der Waals surface area (Å²) in [6.07, 6.45) is 0. The van der Waals surface area contributed by atoms with Crippen molar-refractivity contribution in [2.24, 2.45) is 0 Å². The van der Waals surface area contributed by atoms with E-state index in [0.29, 0.717) is 16.0 Å². The van der Waals surface area contributed by atoms with Crippen LogP contribution in [0, 0.1) is 13.8 Å². The number of rotatable bonds is 3. The lowest BCUT2D eigenvalue weighted by atomic mass is 10.0. The maximum atomic E-state index is 12.5. The summed E-state index contributed by atoms with van der Waals surface area (Å²) in [5, 5.41) is 0.597. The van der Waals surface area contributed by atoms with Crippen LogP contribution in [0.1, 0.15) is 16.3 Å². The minimum Gasteiger partial charge on any atom is -0.496 e. The smallest absolute Gasteiger partial charge is 0.260 e. The Bertz CT molecular complexity index is 914. The summed E-state index contributed by atoms with van der Waals surface area (Å²) in [4.78, 5) is 21.4. The van der Waals surface area contributed by atoms with E-state index in [1.54, 1.807) is 7.11 Å². The molecule has 3 aromatic rings. The highest BCUT2D eigenvalue weighted by atomic mass is 35.5. The molecule has 0 aliphatic carbocycles. The Morgan fingerprint density at radius 2 is 2.14 bits per heavy atom. The summed E-state index contributed by atoms with van der Waals surface area (Å²) < 4.78 is 5.46. The average Bonchev–Trinajstić information content (AvgIpc) is 2.83. The maximum absolute atomic E-state index is 12.5. The van der Waals surface area contributed by atoms with Gasteiger partial charge in [0.2, 0.25) is 0 Å². The number of benzene rings is 1. The predicted octanol–water partition coefficient (Wildman–Crippen LogP) is 4.02. The first kappa shape index (κ1) is 15.1. The van der Waals surface area contributed by atoms with Gasteiger partial charge in [0.25, 0.3) is 5.56 Å². The number of hydrogen-bond donors (Lipinski definition) is 1. The number of aromatic amines is 1. The summed E-state index contributed by atoms with van der Waals surface area (Å²) in [5.41, 5.74) is 2.74. The lowest BCUT2D eigenvalue weighted by Gasteiger charge is -2.10. The molecular weight excluding hydrogens is 320 g/mol. The fraction of sp³-hybridized carbons (Fsp3) is 0.250. The molecule has 0 atom stereocenters. The van der Waals surface area contributed by atoms with E-state index in [0.717, 1.165) is 27.3 Å². The number of aryl methyl sites for hydroxylation is 2. The fourth-order valence-corrected chi connectivity index (χ4v) is 3.75. The normalized spacial score (nSPS) is 11.1. The number of aromatic nitrogens is 2. The molecule has 0 amide bonds. The van der Waals surface area contributed by atoms with E-state index in [1.807, 2.05) is 32.0 Å². The van der Waals surface area contributed by atoms with E-state index in [1.165, 1.54) is 11.3 Å². The number of fused-ring (bicyclic) bond motifs is 1. The van der Waals surface area contributed by atoms with Crippen molar-refractivity contribution in [1.82, 2.24) is 9.97 Å². The number of alkyl halides is 1. The molecule has 22 heavy (non-hydrogen) atoms. The molecule has 3 rings (SSSR count). The van der Waals surface area contributed by atoms with Crippen molar-refractivity contribution in [3.63, 3.8) is 0 Å². The molecule has 0 fully saturated rings. The summed E-state index contributed by atoms with van der Waals surface area (Å²) in [6.45, 7) is 4.00. The van der Waals surface area contributed by atoms with Crippen LogP contribution < -0.4 is 10.3 Å². The first-order valence-corrected chi connectivity index (χ1v) is 8.13. The Morgan fingerprint density at radius 1 is 1.36 bits per heavy atom.